The molecule has 0 spiro atoms. The van der Waals surface area contributed by atoms with Gasteiger partial charge >= 0.3 is 0 Å². The third-order valence-corrected chi connectivity index (χ3v) is 2.00. The highest BCUT2D eigenvalue weighted by molar-refractivity contribution is 6.51. The zero-order valence-electron chi connectivity index (χ0n) is 5.53. The van der Waals surface area contributed by atoms with E-state index in [0.29, 0.717) is 0 Å². The number of ether oxygens (including phenoxy) is 1. The lowest BCUT2D eigenvalue weighted by atomic mass is 10.5. The standard InChI is InChI=1S/C6H10Cl2O/c1-4(2)9-5-3-6(5,7)8/h4-5H,3H2,1-2H3. The fourth-order valence-electron chi connectivity index (χ4n) is 0.664. The Morgan fingerprint density at radius 2 is 2.00 bits per heavy atom. The fraction of sp³-hybridized carbons (Fsp3) is 1.00. The first-order chi connectivity index (χ1) is 4.02. The van der Waals surface area contributed by atoms with Crippen molar-refractivity contribution in [1.29, 1.82) is 0 Å². The van der Waals surface area contributed by atoms with Crippen molar-refractivity contribution in [2.24, 2.45) is 0 Å². The Bertz CT molecular complexity index is 112. The van der Waals surface area contributed by atoms with Crippen LogP contribution in [0.4, 0.5) is 0 Å². The average molecular weight is 169 g/mol. The maximum absolute atomic E-state index is 5.69. The first kappa shape index (κ1) is 7.64. The van der Waals surface area contributed by atoms with Crippen molar-refractivity contribution < 1.29 is 4.74 Å². The van der Waals surface area contributed by atoms with Crippen molar-refractivity contribution >= 4 is 23.2 Å². The van der Waals surface area contributed by atoms with Gasteiger partial charge in [-0.15, -0.1) is 0 Å². The summed E-state index contributed by atoms with van der Waals surface area (Å²) < 4.78 is 4.73. The average Bonchev–Trinajstić information content (AvgIpc) is 2.10. The number of halogens is 2. The Hall–Kier alpha value is 0.540. The molecule has 0 saturated heterocycles. The summed E-state index contributed by atoms with van der Waals surface area (Å²) in [5, 5.41) is 0. The lowest BCUT2D eigenvalue weighted by molar-refractivity contribution is 0.0635. The van der Waals surface area contributed by atoms with Crippen LogP contribution in [0.2, 0.25) is 0 Å². The number of hydrogen-bond acceptors (Lipinski definition) is 1. The zero-order chi connectivity index (χ0) is 7.07. The molecule has 9 heavy (non-hydrogen) atoms. The number of rotatable bonds is 2. The van der Waals surface area contributed by atoms with Crippen molar-refractivity contribution in [3.05, 3.63) is 0 Å². The van der Waals surface area contributed by atoms with Gasteiger partial charge in [-0.1, -0.05) is 23.2 Å². The molecule has 1 rings (SSSR count). The topological polar surface area (TPSA) is 9.23 Å². The molecule has 0 amide bonds. The summed E-state index contributed by atoms with van der Waals surface area (Å²) in [5.74, 6) is 0. The van der Waals surface area contributed by atoms with Crippen LogP contribution in [-0.2, 0) is 4.74 Å². The molecule has 0 aromatic carbocycles. The number of alkyl halides is 2. The van der Waals surface area contributed by atoms with E-state index in [-0.39, 0.29) is 12.2 Å². The van der Waals surface area contributed by atoms with Crippen LogP contribution in [0.15, 0.2) is 0 Å². The highest BCUT2D eigenvalue weighted by atomic mass is 35.5. The molecule has 1 fully saturated rings. The zero-order valence-corrected chi connectivity index (χ0v) is 7.04. The summed E-state index contributed by atoms with van der Waals surface area (Å²) in [7, 11) is 0. The van der Waals surface area contributed by atoms with E-state index in [1.54, 1.807) is 0 Å². The molecular weight excluding hydrogens is 159 g/mol. The molecule has 1 saturated carbocycles. The molecule has 0 heterocycles. The van der Waals surface area contributed by atoms with E-state index in [2.05, 4.69) is 0 Å². The van der Waals surface area contributed by atoms with E-state index in [1.165, 1.54) is 0 Å². The molecule has 0 bridgehead atoms. The van der Waals surface area contributed by atoms with Crippen LogP contribution in [0.5, 0.6) is 0 Å². The maximum atomic E-state index is 5.69. The molecule has 0 N–H and O–H groups in total. The van der Waals surface area contributed by atoms with E-state index >= 15 is 0 Å². The van der Waals surface area contributed by atoms with Crippen LogP contribution in [0.25, 0.3) is 0 Å². The third-order valence-electron chi connectivity index (χ3n) is 1.20. The smallest absolute Gasteiger partial charge is 0.146 e. The maximum Gasteiger partial charge on any atom is 0.146 e. The summed E-state index contributed by atoms with van der Waals surface area (Å²) >= 11 is 11.4. The van der Waals surface area contributed by atoms with E-state index in [9.17, 15) is 0 Å². The summed E-state index contributed by atoms with van der Waals surface area (Å²) in [6.45, 7) is 3.95. The molecular formula is C6H10Cl2O. The van der Waals surface area contributed by atoms with Crippen molar-refractivity contribution in [1.82, 2.24) is 0 Å². The molecule has 1 aliphatic rings. The van der Waals surface area contributed by atoms with Crippen molar-refractivity contribution in [3.8, 4) is 0 Å². The highest BCUT2D eigenvalue weighted by Crippen LogP contribution is 2.49. The molecule has 0 aromatic heterocycles. The third kappa shape index (κ3) is 1.99. The summed E-state index contributed by atoms with van der Waals surface area (Å²) in [4.78, 5) is 0. The normalized spacial score (nSPS) is 31.0. The molecule has 1 unspecified atom stereocenters. The second kappa shape index (κ2) is 2.30. The number of hydrogen-bond donors (Lipinski definition) is 0. The van der Waals surface area contributed by atoms with E-state index in [4.69, 9.17) is 27.9 Å². The minimum absolute atomic E-state index is 0.0702. The van der Waals surface area contributed by atoms with Gasteiger partial charge in [0, 0.05) is 6.42 Å². The lowest BCUT2D eigenvalue weighted by Gasteiger charge is -2.05. The quantitative estimate of drug-likeness (QED) is 0.576. The Kier molecular flexibility index (Phi) is 1.95. The molecule has 1 atom stereocenters. The van der Waals surface area contributed by atoms with Crippen LogP contribution >= 0.6 is 23.2 Å². The van der Waals surface area contributed by atoms with Gasteiger partial charge in [0.15, 0.2) is 0 Å². The minimum atomic E-state index is -0.579. The fourth-order valence-corrected chi connectivity index (χ4v) is 1.05. The molecule has 1 nitrogen and oxygen atoms in total. The molecule has 54 valence electrons. The monoisotopic (exact) mass is 168 g/mol. The molecule has 0 aliphatic heterocycles. The molecule has 0 radical (unpaired) electrons. The van der Waals surface area contributed by atoms with E-state index in [1.807, 2.05) is 13.8 Å². The first-order valence-corrected chi connectivity index (χ1v) is 3.81. The summed E-state index contributed by atoms with van der Waals surface area (Å²) in [6, 6.07) is 0. The predicted molar refractivity (Wildman–Crippen MR) is 39.1 cm³/mol. The van der Waals surface area contributed by atoms with Gasteiger partial charge in [-0.05, 0) is 13.8 Å². The Morgan fingerprint density at radius 1 is 1.56 bits per heavy atom. The van der Waals surface area contributed by atoms with E-state index < -0.39 is 4.33 Å². The molecule has 1 aliphatic carbocycles. The SMILES string of the molecule is CC(C)OC1CC1(Cl)Cl. The van der Waals surface area contributed by atoms with Gasteiger partial charge in [-0.2, -0.15) is 0 Å². The predicted octanol–water partition coefficient (Wildman–Crippen LogP) is 2.36. The van der Waals surface area contributed by atoms with E-state index in [0.717, 1.165) is 6.42 Å². The first-order valence-electron chi connectivity index (χ1n) is 3.05. The second-order valence-corrected chi connectivity index (χ2v) is 4.18. The van der Waals surface area contributed by atoms with Gasteiger partial charge in [0.2, 0.25) is 0 Å². The minimum Gasteiger partial charge on any atom is -0.372 e. The van der Waals surface area contributed by atoms with Gasteiger partial charge in [0.05, 0.1) is 12.2 Å². The lowest BCUT2D eigenvalue weighted by Crippen LogP contribution is -2.08. The van der Waals surface area contributed by atoms with Gasteiger partial charge in [-0.3, -0.25) is 0 Å². The van der Waals surface area contributed by atoms with Crippen molar-refractivity contribution in [2.45, 2.75) is 36.8 Å². The largest absolute Gasteiger partial charge is 0.372 e. The van der Waals surface area contributed by atoms with Gasteiger partial charge in [0.1, 0.15) is 4.33 Å². The Balaban J connectivity index is 2.20. The Labute approximate surface area is 65.3 Å². The van der Waals surface area contributed by atoms with Gasteiger partial charge in [-0.25, -0.2) is 0 Å². The Morgan fingerprint density at radius 3 is 2.11 bits per heavy atom. The summed E-state index contributed by atoms with van der Waals surface area (Å²) in [5.41, 5.74) is 0. The van der Waals surface area contributed by atoms with Crippen LogP contribution in [0.1, 0.15) is 20.3 Å². The van der Waals surface area contributed by atoms with Crippen LogP contribution in [0, 0.1) is 0 Å². The second-order valence-electron chi connectivity index (χ2n) is 2.64. The van der Waals surface area contributed by atoms with Crippen LogP contribution in [-0.4, -0.2) is 16.5 Å². The summed E-state index contributed by atoms with van der Waals surface area (Å²) in [6.07, 6.45) is 1.07. The van der Waals surface area contributed by atoms with Crippen molar-refractivity contribution in [2.75, 3.05) is 0 Å². The van der Waals surface area contributed by atoms with Gasteiger partial charge < -0.3 is 4.74 Å². The highest BCUT2D eigenvalue weighted by Gasteiger charge is 2.53. The van der Waals surface area contributed by atoms with Crippen molar-refractivity contribution in [3.63, 3.8) is 0 Å². The molecule has 0 aromatic rings. The van der Waals surface area contributed by atoms with Crippen LogP contribution < -0.4 is 0 Å². The molecule has 3 heteroatoms. The van der Waals surface area contributed by atoms with Gasteiger partial charge in [0.25, 0.3) is 0 Å². The van der Waals surface area contributed by atoms with Crippen LogP contribution in [0.3, 0.4) is 0 Å².